The predicted octanol–water partition coefficient (Wildman–Crippen LogP) is 2.97. The topological polar surface area (TPSA) is 119 Å². The van der Waals surface area contributed by atoms with Gasteiger partial charge in [0.1, 0.15) is 11.3 Å². The molecule has 0 aliphatic carbocycles. The normalized spacial score (nSPS) is 11.0. The first-order valence-corrected chi connectivity index (χ1v) is 10.5. The molecule has 32 heavy (non-hydrogen) atoms. The molecule has 0 aliphatic heterocycles. The van der Waals surface area contributed by atoms with E-state index in [0.717, 1.165) is 10.6 Å². The fourth-order valence-corrected chi connectivity index (χ4v) is 4.00. The number of aryl methyl sites for hydroxylation is 1. The molecule has 0 radical (unpaired) electrons. The molecule has 0 aromatic carbocycles. The summed E-state index contributed by atoms with van der Waals surface area (Å²) in [6.45, 7) is 0.208. The second-order valence-corrected chi connectivity index (χ2v) is 7.83. The van der Waals surface area contributed by atoms with Crippen molar-refractivity contribution < 1.29 is 14.0 Å². The Balaban J connectivity index is 1.39. The molecule has 5 rings (SSSR count). The maximum atomic E-state index is 13.0. The Hall–Kier alpha value is -4.25. The Labute approximate surface area is 185 Å². The number of nitrogens with one attached hydrogen (secondary N) is 2. The number of hydrogen-bond donors (Lipinski definition) is 2. The van der Waals surface area contributed by atoms with Crippen molar-refractivity contribution >= 4 is 34.5 Å². The summed E-state index contributed by atoms with van der Waals surface area (Å²) in [6, 6.07) is 9.26. The van der Waals surface area contributed by atoms with Crippen LogP contribution in [-0.2, 0) is 13.6 Å². The second-order valence-electron chi connectivity index (χ2n) is 6.88. The number of anilines is 1. The van der Waals surface area contributed by atoms with E-state index in [-0.39, 0.29) is 23.5 Å². The lowest BCUT2D eigenvalue weighted by atomic mass is 10.2. The molecule has 0 aliphatic rings. The highest BCUT2D eigenvalue weighted by atomic mass is 32.1. The number of fused-ring (bicyclic) bond motifs is 1. The summed E-state index contributed by atoms with van der Waals surface area (Å²) < 4.78 is 8.31. The molecule has 0 atom stereocenters. The molecule has 10 nitrogen and oxygen atoms in total. The van der Waals surface area contributed by atoms with Crippen LogP contribution in [0.15, 0.2) is 65.0 Å². The summed E-state index contributed by atoms with van der Waals surface area (Å²) in [5.41, 5.74) is 1.91. The molecule has 0 saturated heterocycles. The Morgan fingerprint density at radius 2 is 2.09 bits per heavy atom. The number of hydrogen-bond acceptors (Lipinski definition) is 7. The number of thiophene rings is 1. The summed E-state index contributed by atoms with van der Waals surface area (Å²) in [7, 11) is 1.67. The number of carbonyl (C=O) groups excluding carboxylic acids is 2. The highest BCUT2D eigenvalue weighted by Gasteiger charge is 2.22. The van der Waals surface area contributed by atoms with Crippen LogP contribution >= 0.6 is 11.3 Å². The van der Waals surface area contributed by atoms with Crippen LogP contribution in [0.5, 0.6) is 0 Å². The van der Waals surface area contributed by atoms with Gasteiger partial charge in [-0.15, -0.1) is 11.3 Å². The van der Waals surface area contributed by atoms with Gasteiger partial charge in [0.15, 0.2) is 11.3 Å². The van der Waals surface area contributed by atoms with Crippen molar-refractivity contribution in [2.45, 2.75) is 6.54 Å². The SMILES string of the molecule is Cn1cc(NC(=O)c2cnn3c(-c4cccs4)ccnc23)c(C(=O)NCc2ccco2)n1. The van der Waals surface area contributed by atoms with E-state index >= 15 is 0 Å². The zero-order chi connectivity index (χ0) is 22.1. The molecular formula is C21H17N7O3S. The summed E-state index contributed by atoms with van der Waals surface area (Å²) >= 11 is 1.57. The van der Waals surface area contributed by atoms with Crippen molar-refractivity contribution in [1.29, 1.82) is 0 Å². The quantitative estimate of drug-likeness (QED) is 0.413. The van der Waals surface area contributed by atoms with E-state index < -0.39 is 11.8 Å². The van der Waals surface area contributed by atoms with E-state index in [9.17, 15) is 9.59 Å². The van der Waals surface area contributed by atoms with Crippen LogP contribution in [0.3, 0.4) is 0 Å². The third kappa shape index (κ3) is 3.65. The minimum Gasteiger partial charge on any atom is -0.467 e. The van der Waals surface area contributed by atoms with E-state index in [1.54, 1.807) is 47.4 Å². The lowest BCUT2D eigenvalue weighted by Crippen LogP contribution is -2.25. The van der Waals surface area contributed by atoms with Gasteiger partial charge >= 0.3 is 0 Å². The lowest BCUT2D eigenvalue weighted by molar-refractivity contribution is 0.0943. The summed E-state index contributed by atoms with van der Waals surface area (Å²) in [4.78, 5) is 31.0. The molecule has 0 unspecified atom stereocenters. The van der Waals surface area contributed by atoms with Crippen molar-refractivity contribution in [3.8, 4) is 10.6 Å². The predicted molar refractivity (Wildman–Crippen MR) is 117 cm³/mol. The van der Waals surface area contributed by atoms with Crippen molar-refractivity contribution in [2.75, 3.05) is 5.32 Å². The second kappa shape index (κ2) is 8.12. The number of furan rings is 1. The van der Waals surface area contributed by atoms with Gasteiger partial charge in [-0.2, -0.15) is 10.2 Å². The summed E-state index contributed by atoms with van der Waals surface area (Å²) in [5, 5.41) is 16.0. The van der Waals surface area contributed by atoms with Crippen LogP contribution in [0.4, 0.5) is 5.69 Å². The van der Waals surface area contributed by atoms with Gasteiger partial charge < -0.3 is 15.1 Å². The Bertz CT molecular complexity index is 1400. The van der Waals surface area contributed by atoms with Gasteiger partial charge in [-0.05, 0) is 29.6 Å². The fourth-order valence-electron chi connectivity index (χ4n) is 3.26. The zero-order valence-electron chi connectivity index (χ0n) is 16.8. The Morgan fingerprint density at radius 1 is 1.19 bits per heavy atom. The monoisotopic (exact) mass is 447 g/mol. The number of rotatable bonds is 6. The van der Waals surface area contributed by atoms with Gasteiger partial charge in [0.05, 0.1) is 35.3 Å². The Morgan fingerprint density at radius 3 is 2.88 bits per heavy atom. The third-order valence-corrected chi connectivity index (χ3v) is 5.61. The van der Waals surface area contributed by atoms with Gasteiger partial charge in [0.25, 0.3) is 11.8 Å². The lowest BCUT2D eigenvalue weighted by Gasteiger charge is -2.06. The van der Waals surface area contributed by atoms with Crippen molar-refractivity contribution in [2.24, 2.45) is 7.05 Å². The molecule has 5 aromatic heterocycles. The number of amides is 2. The average Bonchev–Trinajstić information content (AvgIpc) is 3.59. The standard InChI is InChI=1S/C21H17N7O3S/c1-27-12-15(18(26-27)21(30)23-10-13-4-2-8-31-13)25-20(29)14-11-24-28-16(6-7-22-19(14)28)17-5-3-9-32-17/h2-9,11-12H,10H2,1H3,(H,23,30)(H,25,29). The van der Waals surface area contributed by atoms with Crippen LogP contribution < -0.4 is 10.6 Å². The van der Waals surface area contributed by atoms with Gasteiger partial charge in [-0.1, -0.05) is 6.07 Å². The maximum Gasteiger partial charge on any atom is 0.274 e. The van der Waals surface area contributed by atoms with Crippen LogP contribution in [0, 0.1) is 0 Å². The van der Waals surface area contributed by atoms with E-state index in [0.29, 0.717) is 11.4 Å². The molecule has 11 heteroatoms. The van der Waals surface area contributed by atoms with Crippen molar-refractivity contribution in [1.82, 2.24) is 29.7 Å². The van der Waals surface area contributed by atoms with Crippen LogP contribution in [0.1, 0.15) is 26.6 Å². The highest BCUT2D eigenvalue weighted by Crippen LogP contribution is 2.25. The number of carbonyl (C=O) groups is 2. The first-order chi connectivity index (χ1) is 15.6. The molecule has 0 fully saturated rings. The molecule has 2 amide bonds. The van der Waals surface area contributed by atoms with E-state index in [1.807, 2.05) is 23.6 Å². The molecule has 0 bridgehead atoms. The minimum absolute atomic E-state index is 0.0936. The van der Waals surface area contributed by atoms with Gasteiger partial charge in [-0.3, -0.25) is 14.3 Å². The van der Waals surface area contributed by atoms with Crippen LogP contribution in [0.2, 0.25) is 0 Å². The third-order valence-electron chi connectivity index (χ3n) is 4.71. The van der Waals surface area contributed by atoms with Crippen molar-refractivity contribution in [3.63, 3.8) is 0 Å². The van der Waals surface area contributed by atoms with Gasteiger partial charge in [0.2, 0.25) is 0 Å². The van der Waals surface area contributed by atoms with Crippen LogP contribution in [0.25, 0.3) is 16.2 Å². The molecular weight excluding hydrogens is 430 g/mol. The zero-order valence-corrected chi connectivity index (χ0v) is 17.7. The molecule has 160 valence electrons. The van der Waals surface area contributed by atoms with E-state index in [1.165, 1.54) is 17.1 Å². The smallest absolute Gasteiger partial charge is 0.274 e. The maximum absolute atomic E-state index is 13.0. The summed E-state index contributed by atoms with van der Waals surface area (Å²) in [6.07, 6.45) is 6.19. The molecule has 2 N–H and O–H groups in total. The minimum atomic E-state index is -0.441. The molecule has 5 aromatic rings. The van der Waals surface area contributed by atoms with Crippen LogP contribution in [-0.4, -0.2) is 36.2 Å². The summed E-state index contributed by atoms with van der Waals surface area (Å²) in [5.74, 6) is -0.266. The first kappa shape index (κ1) is 19.7. The number of aromatic nitrogens is 5. The number of nitrogens with zero attached hydrogens (tertiary/aromatic N) is 5. The van der Waals surface area contributed by atoms with Crippen molar-refractivity contribution in [3.05, 3.63) is 77.6 Å². The van der Waals surface area contributed by atoms with E-state index in [4.69, 9.17) is 4.42 Å². The van der Waals surface area contributed by atoms with Gasteiger partial charge in [-0.25, -0.2) is 9.50 Å². The largest absolute Gasteiger partial charge is 0.467 e. The molecule has 0 spiro atoms. The first-order valence-electron chi connectivity index (χ1n) is 9.62. The fraction of sp³-hybridized carbons (Fsp3) is 0.0952. The molecule has 0 saturated carbocycles. The Kier molecular flexibility index (Phi) is 5.00. The highest BCUT2D eigenvalue weighted by molar-refractivity contribution is 7.13. The van der Waals surface area contributed by atoms with Gasteiger partial charge in [0, 0.05) is 19.4 Å². The average molecular weight is 447 g/mol. The van der Waals surface area contributed by atoms with E-state index in [2.05, 4.69) is 25.8 Å². The molecule has 5 heterocycles.